The van der Waals surface area contributed by atoms with Gasteiger partial charge < -0.3 is 18.9 Å². The van der Waals surface area contributed by atoms with Crippen LogP contribution in [0, 0.1) is 0 Å². The molecule has 0 aliphatic carbocycles. The first-order chi connectivity index (χ1) is 15.7. The van der Waals surface area contributed by atoms with Gasteiger partial charge in [0.1, 0.15) is 18.1 Å². The molecule has 1 heterocycles. The van der Waals surface area contributed by atoms with Gasteiger partial charge in [-0.1, -0.05) is 32.6 Å². The smallest absolute Gasteiger partial charge is 0.343 e. The number of hydrogen-bond donors (Lipinski definition) is 0. The van der Waals surface area contributed by atoms with Crippen LogP contribution < -0.4 is 9.47 Å². The van der Waals surface area contributed by atoms with Gasteiger partial charge >= 0.3 is 11.9 Å². The Morgan fingerprint density at radius 3 is 2.19 bits per heavy atom. The molecule has 0 aromatic heterocycles. The maximum absolute atomic E-state index is 12.4. The average molecular weight is 441 g/mol. The van der Waals surface area contributed by atoms with Crippen molar-refractivity contribution in [1.29, 1.82) is 0 Å². The lowest BCUT2D eigenvalue weighted by Crippen LogP contribution is -2.17. The minimum absolute atomic E-state index is 0.0123. The monoisotopic (exact) mass is 440 g/mol. The molecule has 0 radical (unpaired) electrons. The molecule has 1 aliphatic rings. The molecule has 1 atom stereocenters. The molecule has 0 amide bonds. The molecule has 2 aromatic rings. The van der Waals surface area contributed by atoms with Crippen LogP contribution in [0.15, 0.2) is 48.5 Å². The van der Waals surface area contributed by atoms with Crippen LogP contribution in [-0.2, 0) is 9.47 Å². The molecule has 1 unspecified atom stereocenters. The number of hydrogen-bond acceptors (Lipinski definition) is 6. The summed E-state index contributed by atoms with van der Waals surface area (Å²) in [4.78, 5) is 24.5. The predicted molar refractivity (Wildman–Crippen MR) is 121 cm³/mol. The van der Waals surface area contributed by atoms with Gasteiger partial charge in [0.25, 0.3) is 0 Å². The molecule has 0 bridgehead atoms. The molecule has 0 N–H and O–H groups in total. The number of carbonyl (C=O) groups excluding carboxylic acids is 2. The lowest BCUT2D eigenvalue weighted by Gasteiger charge is -2.10. The maximum atomic E-state index is 12.4. The number of esters is 2. The summed E-state index contributed by atoms with van der Waals surface area (Å²) in [6.07, 6.45) is 7.82. The van der Waals surface area contributed by atoms with E-state index in [1.165, 1.54) is 25.7 Å². The van der Waals surface area contributed by atoms with Crippen molar-refractivity contribution >= 4 is 11.9 Å². The quantitative estimate of drug-likeness (QED) is 0.243. The number of benzene rings is 2. The zero-order valence-electron chi connectivity index (χ0n) is 18.7. The van der Waals surface area contributed by atoms with E-state index in [-0.39, 0.29) is 12.7 Å². The number of ether oxygens (including phenoxy) is 4. The molecular weight excluding hydrogens is 408 g/mol. The number of rotatable bonds is 12. The van der Waals surface area contributed by atoms with Gasteiger partial charge in [-0.15, -0.1) is 0 Å². The van der Waals surface area contributed by atoms with Crippen LogP contribution in [0.25, 0.3) is 0 Å². The molecular formula is C26H32O6. The van der Waals surface area contributed by atoms with Gasteiger partial charge in [-0.05, 0) is 67.8 Å². The van der Waals surface area contributed by atoms with Gasteiger partial charge in [0, 0.05) is 6.61 Å². The molecule has 6 nitrogen and oxygen atoms in total. The lowest BCUT2D eigenvalue weighted by atomic mass is 10.2. The zero-order valence-corrected chi connectivity index (χ0v) is 18.7. The summed E-state index contributed by atoms with van der Waals surface area (Å²) in [5, 5.41) is 0. The van der Waals surface area contributed by atoms with Crippen molar-refractivity contribution < 1.29 is 28.5 Å². The molecule has 3 rings (SSSR count). The number of carbonyl (C=O) groups is 2. The summed E-state index contributed by atoms with van der Waals surface area (Å²) in [6.45, 7) is 3.85. The minimum Gasteiger partial charge on any atom is -0.494 e. The fourth-order valence-corrected chi connectivity index (χ4v) is 3.44. The van der Waals surface area contributed by atoms with E-state index in [1.807, 2.05) is 0 Å². The standard InChI is InChI=1S/C26H32O6/c1-2-3-4-5-6-17-29-22-13-9-21(10-14-22)26(28)32-23-15-11-20(12-16-23)25(27)31-19-24-8-7-18-30-24/h9-16,24H,2-8,17-19H2,1H3. The normalized spacial score (nSPS) is 15.3. The minimum atomic E-state index is -0.468. The van der Waals surface area contributed by atoms with Crippen LogP contribution in [-0.4, -0.2) is 37.9 Å². The SMILES string of the molecule is CCCCCCCOc1ccc(C(=O)Oc2ccc(C(=O)OCC3CCCO3)cc2)cc1. The van der Waals surface area contributed by atoms with E-state index in [2.05, 4.69) is 6.92 Å². The average Bonchev–Trinajstić information content (AvgIpc) is 3.34. The highest BCUT2D eigenvalue weighted by atomic mass is 16.6. The van der Waals surface area contributed by atoms with Crippen LogP contribution in [0.1, 0.15) is 72.6 Å². The Bertz CT molecular complexity index is 838. The van der Waals surface area contributed by atoms with Gasteiger partial charge in [0.15, 0.2) is 0 Å². The van der Waals surface area contributed by atoms with E-state index in [4.69, 9.17) is 18.9 Å². The molecule has 172 valence electrons. The Morgan fingerprint density at radius 1 is 0.875 bits per heavy atom. The molecule has 2 aromatic carbocycles. The van der Waals surface area contributed by atoms with Gasteiger partial charge in [0.2, 0.25) is 0 Å². The highest BCUT2D eigenvalue weighted by Crippen LogP contribution is 2.18. The Labute approximate surface area is 189 Å². The topological polar surface area (TPSA) is 71.1 Å². The summed E-state index contributed by atoms with van der Waals surface area (Å²) in [6, 6.07) is 13.2. The maximum Gasteiger partial charge on any atom is 0.343 e. The molecule has 0 spiro atoms. The molecule has 1 aliphatic heterocycles. The lowest BCUT2D eigenvalue weighted by molar-refractivity contribution is 0.0161. The van der Waals surface area contributed by atoms with E-state index in [0.717, 1.165) is 31.6 Å². The van der Waals surface area contributed by atoms with Crippen molar-refractivity contribution in [2.75, 3.05) is 19.8 Å². The molecule has 32 heavy (non-hydrogen) atoms. The fraction of sp³-hybridized carbons (Fsp3) is 0.462. The first kappa shape index (κ1) is 23.8. The molecule has 0 saturated carbocycles. The second-order valence-electron chi connectivity index (χ2n) is 7.93. The van der Waals surface area contributed by atoms with Gasteiger partial charge in [-0.2, -0.15) is 0 Å². The predicted octanol–water partition coefficient (Wildman–Crippen LogP) is 5.59. The molecule has 1 fully saturated rings. The first-order valence-corrected chi connectivity index (χ1v) is 11.5. The highest BCUT2D eigenvalue weighted by Gasteiger charge is 2.18. The Balaban J connectivity index is 1.42. The summed E-state index contributed by atoms with van der Waals surface area (Å²) in [5.41, 5.74) is 0.833. The zero-order chi connectivity index (χ0) is 22.6. The van der Waals surface area contributed by atoms with Crippen LogP contribution in [0.3, 0.4) is 0 Å². The second-order valence-corrected chi connectivity index (χ2v) is 7.93. The third-order valence-electron chi connectivity index (χ3n) is 5.33. The van der Waals surface area contributed by atoms with Crippen LogP contribution in [0.5, 0.6) is 11.5 Å². The first-order valence-electron chi connectivity index (χ1n) is 11.5. The van der Waals surface area contributed by atoms with Crippen molar-refractivity contribution in [3.63, 3.8) is 0 Å². The van der Waals surface area contributed by atoms with E-state index < -0.39 is 11.9 Å². The van der Waals surface area contributed by atoms with Crippen molar-refractivity contribution in [1.82, 2.24) is 0 Å². The van der Waals surface area contributed by atoms with E-state index in [9.17, 15) is 9.59 Å². The molecule has 6 heteroatoms. The Morgan fingerprint density at radius 2 is 1.53 bits per heavy atom. The number of unbranched alkanes of at least 4 members (excludes halogenated alkanes) is 4. The van der Waals surface area contributed by atoms with Crippen LogP contribution in [0.2, 0.25) is 0 Å². The van der Waals surface area contributed by atoms with Gasteiger partial charge in [-0.25, -0.2) is 9.59 Å². The van der Waals surface area contributed by atoms with Crippen LogP contribution in [0.4, 0.5) is 0 Å². The summed E-state index contributed by atoms with van der Waals surface area (Å²) >= 11 is 0. The van der Waals surface area contributed by atoms with Crippen LogP contribution >= 0.6 is 0 Å². The van der Waals surface area contributed by atoms with Crippen molar-refractivity contribution in [2.45, 2.75) is 58.0 Å². The Hall–Kier alpha value is -2.86. The highest BCUT2D eigenvalue weighted by molar-refractivity contribution is 5.92. The Kier molecular flexibility index (Phi) is 9.57. The largest absolute Gasteiger partial charge is 0.494 e. The van der Waals surface area contributed by atoms with Gasteiger partial charge in [-0.3, -0.25) is 0 Å². The summed E-state index contributed by atoms with van der Waals surface area (Å²) in [5.74, 6) is 0.213. The summed E-state index contributed by atoms with van der Waals surface area (Å²) in [7, 11) is 0. The fourth-order valence-electron chi connectivity index (χ4n) is 3.44. The van der Waals surface area contributed by atoms with E-state index in [0.29, 0.717) is 23.5 Å². The van der Waals surface area contributed by atoms with E-state index in [1.54, 1.807) is 48.5 Å². The molecule has 1 saturated heterocycles. The second kappa shape index (κ2) is 12.9. The third kappa shape index (κ3) is 7.68. The van der Waals surface area contributed by atoms with Crippen molar-refractivity contribution in [3.05, 3.63) is 59.7 Å². The van der Waals surface area contributed by atoms with Crippen molar-refractivity contribution in [3.8, 4) is 11.5 Å². The van der Waals surface area contributed by atoms with Crippen molar-refractivity contribution in [2.24, 2.45) is 0 Å². The van der Waals surface area contributed by atoms with Gasteiger partial charge in [0.05, 0.1) is 23.8 Å². The summed E-state index contributed by atoms with van der Waals surface area (Å²) < 4.78 is 21.9. The van der Waals surface area contributed by atoms with E-state index >= 15 is 0 Å². The third-order valence-corrected chi connectivity index (χ3v) is 5.33.